The van der Waals surface area contributed by atoms with Crippen LogP contribution in [0.15, 0.2) is 72.8 Å². The van der Waals surface area contributed by atoms with Crippen LogP contribution in [0.5, 0.6) is 0 Å². The van der Waals surface area contributed by atoms with Gasteiger partial charge in [0.1, 0.15) is 0 Å². The van der Waals surface area contributed by atoms with Crippen LogP contribution in [0.1, 0.15) is 30.9 Å². The van der Waals surface area contributed by atoms with Gasteiger partial charge in [0, 0.05) is 23.0 Å². The highest BCUT2D eigenvalue weighted by Gasteiger charge is 2.32. The minimum Gasteiger partial charge on any atom is -0.396 e. The molecule has 0 radical (unpaired) electrons. The maximum atomic E-state index is 12.2. The van der Waals surface area contributed by atoms with Crippen molar-refractivity contribution < 1.29 is 15.0 Å². The summed E-state index contributed by atoms with van der Waals surface area (Å²) in [6.07, 6.45) is 2.44. The van der Waals surface area contributed by atoms with Gasteiger partial charge in [-0.25, -0.2) is 4.79 Å². The zero-order valence-electron chi connectivity index (χ0n) is 17.7. The number of nitrogens with one attached hydrogen (secondary N) is 2. The van der Waals surface area contributed by atoms with Crippen molar-refractivity contribution in [3.63, 3.8) is 0 Å². The van der Waals surface area contributed by atoms with E-state index >= 15 is 0 Å². The van der Waals surface area contributed by atoms with Crippen LogP contribution in [0.4, 0.5) is 16.2 Å². The summed E-state index contributed by atoms with van der Waals surface area (Å²) in [7, 11) is 0. The second kappa shape index (κ2) is 10.2. The normalized spacial score (nSPS) is 18.8. The number of hydrogen-bond donors (Lipinski definition) is 4. The molecule has 0 spiro atoms. The third-order valence-corrected chi connectivity index (χ3v) is 6.40. The van der Waals surface area contributed by atoms with Gasteiger partial charge in [-0.15, -0.1) is 0 Å². The minimum absolute atomic E-state index is 0.120. The van der Waals surface area contributed by atoms with E-state index < -0.39 is 6.10 Å². The molecule has 1 saturated carbocycles. The zero-order chi connectivity index (χ0) is 22.5. The van der Waals surface area contributed by atoms with Crippen molar-refractivity contribution in [2.24, 2.45) is 11.8 Å². The van der Waals surface area contributed by atoms with E-state index in [-0.39, 0.29) is 24.5 Å². The quantitative estimate of drug-likeness (QED) is 0.366. The fraction of sp³-hybridized carbons (Fsp3) is 0.269. The first-order valence-corrected chi connectivity index (χ1v) is 11.2. The fourth-order valence-electron chi connectivity index (χ4n) is 4.43. The van der Waals surface area contributed by atoms with Crippen LogP contribution >= 0.6 is 11.6 Å². The first-order chi connectivity index (χ1) is 15.5. The number of carbonyl (C=O) groups is 1. The van der Waals surface area contributed by atoms with Crippen LogP contribution in [0, 0.1) is 11.8 Å². The standard InChI is InChI=1S/C26H27ClN2O3/c27-21-4-2-5-23(15-21)29-26(32)28-22-13-11-18(12-14-22)17-7-9-19(10-8-17)25(31)24-6-1-3-20(24)16-30/h2,4-5,7-15,20,24-25,30-31H,1,3,6,16H2,(H2,28,29,32)/t20-,24+,25-/m0/s1. The van der Waals surface area contributed by atoms with E-state index in [0.29, 0.717) is 16.4 Å². The van der Waals surface area contributed by atoms with E-state index in [4.69, 9.17) is 11.6 Å². The lowest BCUT2D eigenvalue weighted by Crippen LogP contribution is -2.19. The summed E-state index contributed by atoms with van der Waals surface area (Å²) in [5.74, 6) is 0.301. The van der Waals surface area contributed by atoms with Crippen LogP contribution in [0.2, 0.25) is 5.02 Å². The smallest absolute Gasteiger partial charge is 0.323 e. The molecule has 4 rings (SSSR count). The molecule has 5 nitrogen and oxygen atoms in total. The molecule has 0 aromatic heterocycles. The lowest BCUT2D eigenvalue weighted by atomic mass is 9.87. The van der Waals surface area contributed by atoms with Crippen molar-refractivity contribution >= 4 is 29.0 Å². The molecule has 3 atom stereocenters. The van der Waals surface area contributed by atoms with Crippen molar-refractivity contribution in [3.8, 4) is 11.1 Å². The number of hydrogen-bond acceptors (Lipinski definition) is 3. The molecule has 32 heavy (non-hydrogen) atoms. The lowest BCUT2D eigenvalue weighted by molar-refractivity contribution is 0.0636. The Bertz CT molecular complexity index is 1050. The highest BCUT2D eigenvalue weighted by atomic mass is 35.5. The topological polar surface area (TPSA) is 81.6 Å². The fourth-order valence-corrected chi connectivity index (χ4v) is 4.62. The van der Waals surface area contributed by atoms with Crippen molar-refractivity contribution in [2.45, 2.75) is 25.4 Å². The highest BCUT2D eigenvalue weighted by Crippen LogP contribution is 2.40. The van der Waals surface area contributed by atoms with E-state index in [1.54, 1.807) is 24.3 Å². The Morgan fingerprint density at radius 1 is 0.938 bits per heavy atom. The molecule has 2 amide bonds. The number of benzene rings is 3. The Balaban J connectivity index is 1.38. The van der Waals surface area contributed by atoms with Gasteiger partial charge in [0.25, 0.3) is 0 Å². The van der Waals surface area contributed by atoms with Crippen LogP contribution in [0.25, 0.3) is 11.1 Å². The van der Waals surface area contributed by atoms with Gasteiger partial charge in [0.2, 0.25) is 0 Å². The first kappa shape index (κ1) is 22.3. The molecule has 1 fully saturated rings. The van der Waals surface area contributed by atoms with Crippen molar-refractivity contribution in [1.29, 1.82) is 0 Å². The van der Waals surface area contributed by atoms with Crippen LogP contribution < -0.4 is 10.6 Å². The molecule has 0 aliphatic heterocycles. The predicted molar refractivity (Wildman–Crippen MR) is 129 cm³/mol. The summed E-state index contributed by atoms with van der Waals surface area (Å²) in [5, 5.41) is 26.4. The molecule has 1 aliphatic carbocycles. The molecular weight excluding hydrogens is 424 g/mol. The average molecular weight is 451 g/mol. The molecule has 3 aromatic rings. The molecule has 4 N–H and O–H groups in total. The van der Waals surface area contributed by atoms with Crippen molar-refractivity contribution in [3.05, 3.63) is 83.4 Å². The highest BCUT2D eigenvalue weighted by molar-refractivity contribution is 6.30. The van der Waals surface area contributed by atoms with Gasteiger partial charge < -0.3 is 20.8 Å². The predicted octanol–water partition coefficient (Wildman–Crippen LogP) is 6.09. The van der Waals surface area contributed by atoms with E-state index in [1.807, 2.05) is 48.5 Å². The van der Waals surface area contributed by atoms with Gasteiger partial charge in [0.15, 0.2) is 0 Å². The first-order valence-electron chi connectivity index (χ1n) is 10.9. The molecule has 0 saturated heterocycles. The Hall–Kier alpha value is -2.86. The van der Waals surface area contributed by atoms with Gasteiger partial charge in [-0.3, -0.25) is 0 Å². The molecule has 3 aromatic carbocycles. The second-order valence-electron chi connectivity index (χ2n) is 8.27. The molecule has 0 unspecified atom stereocenters. The number of anilines is 2. The third-order valence-electron chi connectivity index (χ3n) is 6.17. The summed E-state index contributed by atoms with van der Waals surface area (Å²) in [5.41, 5.74) is 4.23. The van der Waals surface area contributed by atoms with Crippen molar-refractivity contribution in [2.75, 3.05) is 17.2 Å². The van der Waals surface area contributed by atoms with E-state index in [0.717, 1.165) is 36.0 Å². The third kappa shape index (κ3) is 5.30. The maximum absolute atomic E-state index is 12.2. The number of rotatable bonds is 6. The summed E-state index contributed by atoms with van der Waals surface area (Å²) < 4.78 is 0. The van der Waals surface area contributed by atoms with Gasteiger partial charge in [-0.05, 0) is 71.7 Å². The SMILES string of the molecule is O=C(Nc1ccc(-c2ccc([C@H](O)[C@@H]3CCC[C@H]3CO)cc2)cc1)Nc1cccc(Cl)c1. The largest absolute Gasteiger partial charge is 0.396 e. The van der Waals surface area contributed by atoms with E-state index in [2.05, 4.69) is 10.6 Å². The monoisotopic (exact) mass is 450 g/mol. The Morgan fingerprint density at radius 3 is 2.25 bits per heavy atom. The summed E-state index contributed by atoms with van der Waals surface area (Å²) in [6, 6.07) is 22.1. The minimum atomic E-state index is -0.548. The van der Waals surface area contributed by atoms with Gasteiger partial charge in [0.05, 0.1) is 6.10 Å². The Labute approximate surface area is 193 Å². The number of urea groups is 1. The Kier molecular flexibility index (Phi) is 7.10. The number of aliphatic hydroxyl groups is 2. The van der Waals surface area contributed by atoms with Gasteiger partial charge >= 0.3 is 6.03 Å². The van der Waals surface area contributed by atoms with E-state index in [9.17, 15) is 15.0 Å². The van der Waals surface area contributed by atoms with Crippen LogP contribution in [0.3, 0.4) is 0 Å². The lowest BCUT2D eigenvalue weighted by Gasteiger charge is -2.24. The van der Waals surface area contributed by atoms with E-state index in [1.165, 1.54) is 0 Å². The van der Waals surface area contributed by atoms with Crippen LogP contribution in [-0.4, -0.2) is 22.9 Å². The number of amides is 2. The molecule has 1 aliphatic rings. The summed E-state index contributed by atoms with van der Waals surface area (Å²) in [4.78, 5) is 12.2. The summed E-state index contributed by atoms with van der Waals surface area (Å²) in [6.45, 7) is 0.136. The number of halogens is 1. The molecule has 166 valence electrons. The van der Waals surface area contributed by atoms with Gasteiger partial charge in [-0.2, -0.15) is 0 Å². The number of aliphatic hydroxyl groups excluding tert-OH is 2. The average Bonchev–Trinajstić information content (AvgIpc) is 3.28. The maximum Gasteiger partial charge on any atom is 0.323 e. The second-order valence-corrected chi connectivity index (χ2v) is 8.71. The molecule has 0 heterocycles. The molecule has 6 heteroatoms. The molecular formula is C26H27ClN2O3. The van der Waals surface area contributed by atoms with Crippen molar-refractivity contribution in [1.82, 2.24) is 0 Å². The summed E-state index contributed by atoms with van der Waals surface area (Å²) >= 11 is 5.94. The van der Waals surface area contributed by atoms with Crippen LogP contribution in [-0.2, 0) is 0 Å². The Morgan fingerprint density at radius 2 is 1.59 bits per heavy atom. The van der Waals surface area contributed by atoms with Gasteiger partial charge in [-0.1, -0.05) is 60.5 Å². The zero-order valence-corrected chi connectivity index (χ0v) is 18.4. The number of carbonyl (C=O) groups excluding carboxylic acids is 1. The molecule has 0 bridgehead atoms.